The van der Waals surface area contributed by atoms with Crippen LogP contribution in [0.15, 0.2) is 42.5 Å². The Morgan fingerprint density at radius 1 is 1.00 bits per heavy atom. The van der Waals surface area contributed by atoms with Crippen LogP contribution in [0.3, 0.4) is 0 Å². The van der Waals surface area contributed by atoms with Crippen LogP contribution in [-0.4, -0.2) is 11.7 Å². The predicted octanol–water partition coefficient (Wildman–Crippen LogP) is 3.25. The maximum Gasteiger partial charge on any atom is 0.152 e. The van der Waals surface area contributed by atoms with E-state index in [1.54, 1.807) is 30.3 Å². The third-order valence-corrected chi connectivity index (χ3v) is 2.66. The summed E-state index contributed by atoms with van der Waals surface area (Å²) >= 11 is 0. The summed E-state index contributed by atoms with van der Waals surface area (Å²) in [6.07, 6.45) is -0.912. The van der Waals surface area contributed by atoms with E-state index in [9.17, 15) is 18.3 Å². The van der Waals surface area contributed by atoms with Gasteiger partial charge in [-0.05, 0) is 5.56 Å². The van der Waals surface area contributed by atoms with Crippen LogP contribution in [0.4, 0.5) is 18.9 Å². The van der Waals surface area contributed by atoms with Crippen molar-refractivity contribution in [1.29, 1.82) is 0 Å². The van der Waals surface area contributed by atoms with Crippen LogP contribution < -0.4 is 5.32 Å². The van der Waals surface area contributed by atoms with Crippen molar-refractivity contribution >= 4 is 5.69 Å². The maximum absolute atomic E-state index is 13.3. The monoisotopic (exact) mass is 267 g/mol. The van der Waals surface area contributed by atoms with Crippen molar-refractivity contribution in [3.8, 4) is 0 Å². The Hall–Kier alpha value is -2.01. The van der Waals surface area contributed by atoms with Crippen molar-refractivity contribution in [3.63, 3.8) is 0 Å². The SMILES string of the molecule is OC(CNc1c(F)cc(F)cc1F)c1ccccc1. The zero-order chi connectivity index (χ0) is 13.8. The summed E-state index contributed by atoms with van der Waals surface area (Å²) in [5, 5.41) is 12.3. The molecule has 0 aliphatic rings. The highest BCUT2D eigenvalue weighted by molar-refractivity contribution is 5.46. The van der Waals surface area contributed by atoms with Crippen molar-refractivity contribution in [2.45, 2.75) is 6.10 Å². The lowest BCUT2D eigenvalue weighted by molar-refractivity contribution is 0.191. The van der Waals surface area contributed by atoms with E-state index in [4.69, 9.17) is 0 Å². The molecule has 0 saturated carbocycles. The minimum absolute atomic E-state index is 0.0799. The number of aliphatic hydroxyl groups is 1. The van der Waals surface area contributed by atoms with Gasteiger partial charge in [0.05, 0.1) is 6.10 Å². The second-order valence-corrected chi connectivity index (χ2v) is 4.05. The van der Waals surface area contributed by atoms with Crippen LogP contribution >= 0.6 is 0 Å². The van der Waals surface area contributed by atoms with Crippen LogP contribution in [0, 0.1) is 17.5 Å². The molecule has 0 fully saturated rings. The van der Waals surface area contributed by atoms with Crippen LogP contribution in [0.2, 0.25) is 0 Å². The van der Waals surface area contributed by atoms with E-state index in [-0.39, 0.29) is 6.54 Å². The molecule has 2 rings (SSSR count). The van der Waals surface area contributed by atoms with E-state index >= 15 is 0 Å². The van der Waals surface area contributed by atoms with Crippen molar-refractivity contribution in [3.05, 3.63) is 65.5 Å². The molecule has 1 atom stereocenters. The van der Waals surface area contributed by atoms with E-state index < -0.39 is 29.2 Å². The summed E-state index contributed by atoms with van der Waals surface area (Å²) in [5.74, 6) is -3.04. The van der Waals surface area contributed by atoms with E-state index in [0.29, 0.717) is 17.7 Å². The van der Waals surface area contributed by atoms with Gasteiger partial charge in [0.1, 0.15) is 11.5 Å². The van der Waals surface area contributed by atoms with Gasteiger partial charge < -0.3 is 10.4 Å². The molecule has 0 aromatic heterocycles. The van der Waals surface area contributed by atoms with Gasteiger partial charge in [-0.25, -0.2) is 13.2 Å². The molecule has 5 heteroatoms. The largest absolute Gasteiger partial charge is 0.387 e. The molecule has 2 aromatic carbocycles. The Balaban J connectivity index is 2.07. The normalized spacial score (nSPS) is 12.2. The number of benzene rings is 2. The van der Waals surface area contributed by atoms with E-state index in [1.165, 1.54) is 0 Å². The summed E-state index contributed by atoms with van der Waals surface area (Å²) < 4.78 is 39.4. The van der Waals surface area contributed by atoms with Gasteiger partial charge in [0.25, 0.3) is 0 Å². The lowest BCUT2D eigenvalue weighted by Gasteiger charge is -2.14. The molecule has 2 aromatic rings. The minimum Gasteiger partial charge on any atom is -0.387 e. The Bertz CT molecular complexity index is 537. The lowest BCUT2D eigenvalue weighted by atomic mass is 10.1. The number of nitrogens with one attached hydrogen (secondary N) is 1. The van der Waals surface area contributed by atoms with Crippen LogP contribution in [0.5, 0.6) is 0 Å². The van der Waals surface area contributed by atoms with Gasteiger partial charge in [-0.1, -0.05) is 30.3 Å². The number of anilines is 1. The Morgan fingerprint density at radius 2 is 1.58 bits per heavy atom. The van der Waals surface area contributed by atoms with Gasteiger partial charge >= 0.3 is 0 Å². The number of aliphatic hydroxyl groups excluding tert-OH is 1. The molecule has 1 unspecified atom stereocenters. The molecular weight excluding hydrogens is 255 g/mol. The topological polar surface area (TPSA) is 32.3 Å². The van der Waals surface area contributed by atoms with E-state index in [0.717, 1.165) is 0 Å². The Morgan fingerprint density at radius 3 is 2.16 bits per heavy atom. The van der Waals surface area contributed by atoms with Gasteiger partial charge in [0, 0.05) is 18.7 Å². The van der Waals surface area contributed by atoms with E-state index in [2.05, 4.69) is 5.32 Å². The molecule has 0 radical (unpaired) electrons. The first-order valence-electron chi connectivity index (χ1n) is 5.69. The zero-order valence-corrected chi connectivity index (χ0v) is 9.91. The number of hydrogen-bond acceptors (Lipinski definition) is 2. The van der Waals surface area contributed by atoms with Gasteiger partial charge in [-0.15, -0.1) is 0 Å². The second-order valence-electron chi connectivity index (χ2n) is 4.05. The Labute approximate surface area is 108 Å². The average Bonchev–Trinajstić information content (AvgIpc) is 2.38. The summed E-state index contributed by atoms with van der Waals surface area (Å²) in [6.45, 7) is -0.0799. The highest BCUT2D eigenvalue weighted by Crippen LogP contribution is 2.21. The first kappa shape index (κ1) is 13.4. The molecule has 100 valence electrons. The third kappa shape index (κ3) is 3.26. The van der Waals surface area contributed by atoms with Crippen LogP contribution in [0.25, 0.3) is 0 Å². The number of rotatable bonds is 4. The average molecular weight is 267 g/mol. The van der Waals surface area contributed by atoms with Crippen LogP contribution in [0.1, 0.15) is 11.7 Å². The molecule has 0 aliphatic carbocycles. The summed E-state index contributed by atoms with van der Waals surface area (Å²) in [7, 11) is 0. The van der Waals surface area contributed by atoms with E-state index in [1.807, 2.05) is 0 Å². The molecular formula is C14H12F3NO. The summed E-state index contributed by atoms with van der Waals surface area (Å²) in [4.78, 5) is 0. The molecule has 2 nitrogen and oxygen atoms in total. The molecule has 0 amide bonds. The molecule has 2 N–H and O–H groups in total. The Kier molecular flexibility index (Phi) is 4.06. The highest BCUT2D eigenvalue weighted by atomic mass is 19.1. The molecule has 0 aliphatic heterocycles. The standard InChI is InChI=1S/C14H12F3NO/c15-10-6-11(16)14(12(17)7-10)18-8-13(19)9-4-2-1-3-5-9/h1-7,13,18-19H,8H2. The fourth-order valence-corrected chi connectivity index (χ4v) is 1.70. The smallest absolute Gasteiger partial charge is 0.152 e. The first-order chi connectivity index (χ1) is 9.08. The first-order valence-corrected chi connectivity index (χ1v) is 5.69. The molecule has 0 heterocycles. The number of halogens is 3. The zero-order valence-electron chi connectivity index (χ0n) is 9.91. The molecule has 0 bridgehead atoms. The second kappa shape index (κ2) is 5.75. The third-order valence-electron chi connectivity index (χ3n) is 2.66. The van der Waals surface area contributed by atoms with Crippen molar-refractivity contribution < 1.29 is 18.3 Å². The minimum atomic E-state index is -1.03. The molecule has 0 spiro atoms. The fourth-order valence-electron chi connectivity index (χ4n) is 1.70. The molecule has 19 heavy (non-hydrogen) atoms. The van der Waals surface area contributed by atoms with Gasteiger partial charge in [-0.2, -0.15) is 0 Å². The van der Waals surface area contributed by atoms with Gasteiger partial charge in [-0.3, -0.25) is 0 Å². The van der Waals surface area contributed by atoms with Gasteiger partial charge in [0.15, 0.2) is 11.6 Å². The van der Waals surface area contributed by atoms with Gasteiger partial charge in [0.2, 0.25) is 0 Å². The number of hydrogen-bond donors (Lipinski definition) is 2. The highest BCUT2D eigenvalue weighted by Gasteiger charge is 2.13. The van der Waals surface area contributed by atoms with Crippen molar-refractivity contribution in [1.82, 2.24) is 0 Å². The van der Waals surface area contributed by atoms with Crippen LogP contribution in [-0.2, 0) is 0 Å². The van der Waals surface area contributed by atoms with Crippen molar-refractivity contribution in [2.75, 3.05) is 11.9 Å². The summed E-state index contributed by atoms with van der Waals surface area (Å²) in [5.41, 5.74) is 0.175. The fraction of sp³-hybridized carbons (Fsp3) is 0.143. The molecule has 0 saturated heterocycles. The predicted molar refractivity (Wildman–Crippen MR) is 66.2 cm³/mol. The quantitative estimate of drug-likeness (QED) is 0.891. The maximum atomic E-state index is 13.3. The van der Waals surface area contributed by atoms with Crippen molar-refractivity contribution in [2.24, 2.45) is 0 Å². The lowest BCUT2D eigenvalue weighted by Crippen LogP contribution is -2.14. The summed E-state index contributed by atoms with van der Waals surface area (Å²) in [6, 6.07) is 9.85.